The molecule has 7 nitrogen and oxygen atoms in total. The van der Waals surface area contributed by atoms with Gasteiger partial charge in [-0.25, -0.2) is 9.67 Å². The van der Waals surface area contributed by atoms with Crippen LogP contribution in [-0.2, 0) is 13.1 Å². The van der Waals surface area contributed by atoms with Crippen molar-refractivity contribution in [3.8, 4) is 0 Å². The summed E-state index contributed by atoms with van der Waals surface area (Å²) < 4.78 is 3.42. The average Bonchev–Trinajstić information content (AvgIpc) is 2.99. The van der Waals surface area contributed by atoms with E-state index < -0.39 is 0 Å². The molecule has 0 saturated heterocycles. The van der Waals surface area contributed by atoms with Gasteiger partial charge in [-0.1, -0.05) is 23.7 Å². The normalized spacial score (nSPS) is 10.7. The number of aromatic nitrogens is 6. The van der Waals surface area contributed by atoms with Crippen molar-refractivity contribution >= 4 is 11.6 Å². The fourth-order valence-electron chi connectivity index (χ4n) is 1.98. The van der Waals surface area contributed by atoms with E-state index in [1.807, 2.05) is 29.0 Å². The van der Waals surface area contributed by atoms with Gasteiger partial charge in [0.1, 0.15) is 17.0 Å². The Morgan fingerprint density at radius 2 is 2.10 bits per heavy atom. The van der Waals surface area contributed by atoms with E-state index in [9.17, 15) is 0 Å². The van der Waals surface area contributed by atoms with Gasteiger partial charge >= 0.3 is 0 Å². The summed E-state index contributed by atoms with van der Waals surface area (Å²) >= 11 is 5.77. The lowest BCUT2D eigenvalue weighted by Gasteiger charge is -2.10. The van der Waals surface area contributed by atoms with Gasteiger partial charge in [0.25, 0.3) is 0 Å². The second-order valence-electron chi connectivity index (χ2n) is 4.51. The van der Waals surface area contributed by atoms with Crippen molar-refractivity contribution in [3.05, 3.63) is 64.8 Å². The molecule has 0 amide bonds. The van der Waals surface area contributed by atoms with Crippen LogP contribution in [0, 0.1) is 5.41 Å². The van der Waals surface area contributed by atoms with Crippen LogP contribution in [0.25, 0.3) is 0 Å². The molecular weight excluding hydrogens is 290 g/mol. The molecule has 1 N–H and O–H groups in total. The van der Waals surface area contributed by atoms with Crippen molar-refractivity contribution in [2.45, 2.75) is 13.1 Å². The monoisotopic (exact) mass is 301 g/mol. The smallest absolute Gasteiger partial charge is 0.138 e. The van der Waals surface area contributed by atoms with Gasteiger partial charge in [0, 0.05) is 18.0 Å². The van der Waals surface area contributed by atoms with Crippen molar-refractivity contribution in [1.29, 1.82) is 5.41 Å². The zero-order valence-corrected chi connectivity index (χ0v) is 11.8. The highest BCUT2D eigenvalue weighted by atomic mass is 35.5. The molecule has 3 aromatic rings. The van der Waals surface area contributed by atoms with Crippen molar-refractivity contribution in [1.82, 2.24) is 29.8 Å². The van der Waals surface area contributed by atoms with E-state index in [2.05, 4.69) is 20.5 Å². The molecule has 0 aliphatic rings. The highest BCUT2D eigenvalue weighted by Crippen LogP contribution is 2.06. The van der Waals surface area contributed by atoms with Crippen molar-refractivity contribution in [2.75, 3.05) is 0 Å². The van der Waals surface area contributed by atoms with Crippen LogP contribution in [0.4, 0.5) is 0 Å². The second-order valence-corrected chi connectivity index (χ2v) is 4.89. The van der Waals surface area contributed by atoms with Gasteiger partial charge in [0.05, 0.1) is 13.1 Å². The van der Waals surface area contributed by atoms with Gasteiger partial charge in [0.2, 0.25) is 0 Å². The Morgan fingerprint density at radius 1 is 1.19 bits per heavy atom. The Kier molecular flexibility index (Phi) is 3.74. The third kappa shape index (κ3) is 3.14. The number of halogens is 1. The molecule has 0 fully saturated rings. The molecule has 0 aliphatic carbocycles. The van der Waals surface area contributed by atoms with E-state index in [-0.39, 0.29) is 0 Å². The Balaban J connectivity index is 1.86. The van der Waals surface area contributed by atoms with Crippen LogP contribution in [0.5, 0.6) is 0 Å². The number of nitrogens with one attached hydrogen (secondary N) is 1. The summed E-state index contributed by atoms with van der Waals surface area (Å²) in [4.78, 5) is 4.05. The predicted octanol–water partition coefficient (Wildman–Crippen LogP) is 1.10. The average molecular weight is 302 g/mol. The molecule has 3 aromatic heterocycles. The van der Waals surface area contributed by atoms with Gasteiger partial charge in [-0.05, 0) is 28.1 Å². The van der Waals surface area contributed by atoms with E-state index in [0.717, 1.165) is 11.1 Å². The fourth-order valence-corrected chi connectivity index (χ4v) is 2.10. The van der Waals surface area contributed by atoms with Crippen LogP contribution in [0.15, 0.2) is 43.0 Å². The molecule has 0 aromatic carbocycles. The first-order valence-corrected chi connectivity index (χ1v) is 6.64. The molecule has 21 heavy (non-hydrogen) atoms. The predicted molar refractivity (Wildman–Crippen MR) is 75.6 cm³/mol. The van der Waals surface area contributed by atoms with Crippen LogP contribution < -0.4 is 5.49 Å². The highest BCUT2D eigenvalue weighted by molar-refractivity contribution is 6.29. The Labute approximate surface area is 125 Å². The number of nitrogens with zero attached hydrogens (tertiary/aromatic N) is 6. The molecule has 8 heteroatoms. The maximum Gasteiger partial charge on any atom is 0.138 e. The summed E-state index contributed by atoms with van der Waals surface area (Å²) in [6, 6.07) is 7.43. The molecule has 0 spiro atoms. The van der Waals surface area contributed by atoms with E-state index in [1.54, 1.807) is 16.9 Å². The minimum atomic E-state index is 0.419. The van der Waals surface area contributed by atoms with Crippen LogP contribution in [0.1, 0.15) is 11.1 Å². The molecule has 0 aliphatic heterocycles. The fraction of sp³-hybridized carbons (Fsp3) is 0.154. The molecule has 0 radical (unpaired) electrons. The second kappa shape index (κ2) is 5.84. The van der Waals surface area contributed by atoms with Crippen molar-refractivity contribution in [3.63, 3.8) is 0 Å². The molecule has 106 valence electrons. The standard InChI is InChI=1S/C13H12ClN7/c14-12-4-3-10(6-16-12)7-20-5-1-2-11(13(20)15)8-21-9-17-18-19-21/h1-6,9,15H,7-8H2. The topological polar surface area (TPSA) is 85.3 Å². The van der Waals surface area contributed by atoms with E-state index in [0.29, 0.717) is 23.7 Å². The van der Waals surface area contributed by atoms with E-state index in [1.165, 1.54) is 6.33 Å². The summed E-state index contributed by atoms with van der Waals surface area (Å²) in [5.74, 6) is 0. The lowest BCUT2D eigenvalue weighted by atomic mass is 10.2. The number of hydrogen-bond donors (Lipinski definition) is 1. The number of hydrogen-bond acceptors (Lipinski definition) is 5. The van der Waals surface area contributed by atoms with E-state index in [4.69, 9.17) is 17.0 Å². The number of pyridine rings is 2. The lowest BCUT2D eigenvalue weighted by molar-refractivity contribution is 0.625. The molecule has 3 rings (SSSR count). The maximum absolute atomic E-state index is 8.28. The summed E-state index contributed by atoms with van der Waals surface area (Å²) in [7, 11) is 0. The SMILES string of the molecule is N=c1c(Cn2cnnn2)cccn1Cc1ccc(Cl)nc1. The third-order valence-corrected chi connectivity index (χ3v) is 3.24. The van der Waals surface area contributed by atoms with Crippen LogP contribution in [-0.4, -0.2) is 29.8 Å². The Bertz CT molecular complexity index is 777. The zero-order valence-electron chi connectivity index (χ0n) is 11.0. The molecule has 0 unspecified atom stereocenters. The van der Waals surface area contributed by atoms with Gasteiger partial charge in [0.15, 0.2) is 0 Å². The van der Waals surface area contributed by atoms with Crippen molar-refractivity contribution < 1.29 is 0 Å². The molecule has 3 heterocycles. The zero-order chi connectivity index (χ0) is 14.7. The minimum absolute atomic E-state index is 0.419. The number of tetrazole rings is 1. The number of rotatable bonds is 4. The highest BCUT2D eigenvalue weighted by Gasteiger charge is 2.03. The maximum atomic E-state index is 8.28. The van der Waals surface area contributed by atoms with Gasteiger partial charge in [-0.2, -0.15) is 0 Å². The largest absolute Gasteiger partial charge is 0.329 e. The van der Waals surface area contributed by atoms with Crippen LogP contribution >= 0.6 is 11.6 Å². The van der Waals surface area contributed by atoms with Gasteiger partial charge in [-0.15, -0.1) is 5.10 Å². The lowest BCUT2D eigenvalue weighted by Crippen LogP contribution is -2.25. The third-order valence-electron chi connectivity index (χ3n) is 3.02. The molecule has 0 saturated carbocycles. The van der Waals surface area contributed by atoms with Crippen molar-refractivity contribution in [2.24, 2.45) is 0 Å². The first-order chi connectivity index (χ1) is 10.2. The Hall–Kier alpha value is -2.54. The van der Waals surface area contributed by atoms with Gasteiger partial charge < -0.3 is 4.57 Å². The summed E-state index contributed by atoms with van der Waals surface area (Å²) in [6.07, 6.45) is 5.10. The molecule has 0 bridgehead atoms. The Morgan fingerprint density at radius 3 is 2.81 bits per heavy atom. The first-order valence-electron chi connectivity index (χ1n) is 6.26. The first kappa shape index (κ1) is 13.4. The quantitative estimate of drug-likeness (QED) is 0.731. The van der Waals surface area contributed by atoms with Crippen LogP contribution in [0.3, 0.4) is 0 Å². The minimum Gasteiger partial charge on any atom is -0.329 e. The molecular formula is C13H12ClN7. The van der Waals surface area contributed by atoms with Crippen LogP contribution in [0.2, 0.25) is 5.15 Å². The summed E-state index contributed by atoms with van der Waals surface area (Å²) in [5, 5.41) is 19.7. The molecule has 0 atom stereocenters. The van der Waals surface area contributed by atoms with E-state index >= 15 is 0 Å². The van der Waals surface area contributed by atoms with Gasteiger partial charge in [-0.3, -0.25) is 5.41 Å². The summed E-state index contributed by atoms with van der Waals surface area (Å²) in [5.41, 5.74) is 2.24. The summed E-state index contributed by atoms with van der Waals surface area (Å²) in [6.45, 7) is 1.03.